The number of hydrogen-bond acceptors (Lipinski definition) is 3. The van der Waals surface area contributed by atoms with Crippen molar-refractivity contribution in [3.05, 3.63) is 0 Å². The molecule has 0 aromatic heterocycles. The maximum absolute atomic E-state index is 4.97. The predicted molar refractivity (Wildman–Crippen MR) is 30.8 cm³/mol. The van der Waals surface area contributed by atoms with Gasteiger partial charge in [0.1, 0.15) is 0 Å². The van der Waals surface area contributed by atoms with Gasteiger partial charge >= 0.3 is 0 Å². The average molecular weight is 119 g/mol. The topological polar surface area (TPSA) is 21.3 Å². The van der Waals surface area contributed by atoms with Crippen molar-refractivity contribution in [1.29, 1.82) is 0 Å². The quantitative estimate of drug-likeness (QED) is 0.379. The summed E-state index contributed by atoms with van der Waals surface area (Å²) in [5.74, 6) is 0. The Kier molecular flexibility index (Phi) is 1.28. The molecule has 0 bridgehead atoms. The van der Waals surface area contributed by atoms with Crippen molar-refractivity contribution in [2.75, 3.05) is 6.61 Å². The predicted octanol–water partition coefficient (Wildman–Crippen LogP) is 0.948. The van der Waals surface area contributed by atoms with Gasteiger partial charge in [0.2, 0.25) is 0 Å². The van der Waals surface area contributed by atoms with Crippen LogP contribution in [0.25, 0.3) is 0 Å². The molecule has 0 aromatic carbocycles. The molecule has 1 fully saturated rings. The summed E-state index contributed by atoms with van der Waals surface area (Å²) >= 11 is 1.33. The summed E-state index contributed by atoms with van der Waals surface area (Å²) in [5.41, 5.74) is 0.185. The van der Waals surface area contributed by atoms with Gasteiger partial charge in [-0.2, -0.15) is 0 Å². The SMILES string of the molecule is CC1(C)COSN1. The molecular formula is C4H9NOS. The molecule has 0 radical (unpaired) electrons. The zero-order valence-corrected chi connectivity index (χ0v) is 5.34. The van der Waals surface area contributed by atoms with Gasteiger partial charge in [-0.05, 0) is 13.8 Å². The summed E-state index contributed by atoms with van der Waals surface area (Å²) in [6.07, 6.45) is 0. The van der Waals surface area contributed by atoms with Crippen LogP contribution >= 0.6 is 12.2 Å². The maximum Gasteiger partial charge on any atom is 0.0814 e. The number of hydrogen-bond donors (Lipinski definition) is 1. The smallest absolute Gasteiger partial charge is 0.0814 e. The van der Waals surface area contributed by atoms with Gasteiger partial charge in [-0.25, -0.2) is 4.72 Å². The highest BCUT2D eigenvalue weighted by Gasteiger charge is 2.23. The third kappa shape index (κ3) is 1.33. The summed E-state index contributed by atoms with van der Waals surface area (Å²) < 4.78 is 8.06. The van der Waals surface area contributed by atoms with Crippen LogP contribution < -0.4 is 4.72 Å². The first-order valence-electron chi connectivity index (χ1n) is 2.26. The molecule has 0 aliphatic carbocycles. The molecule has 0 unspecified atom stereocenters. The van der Waals surface area contributed by atoms with E-state index in [1.165, 1.54) is 12.2 Å². The molecule has 42 valence electrons. The molecule has 1 aliphatic rings. The Labute approximate surface area is 48.0 Å². The van der Waals surface area contributed by atoms with Crippen LogP contribution in [0.3, 0.4) is 0 Å². The van der Waals surface area contributed by atoms with Gasteiger partial charge in [0, 0.05) is 5.54 Å². The molecule has 1 heterocycles. The van der Waals surface area contributed by atoms with Crippen LogP contribution in [-0.2, 0) is 4.18 Å². The van der Waals surface area contributed by atoms with Crippen molar-refractivity contribution in [3.63, 3.8) is 0 Å². The molecule has 1 rings (SSSR count). The van der Waals surface area contributed by atoms with Crippen LogP contribution in [0.4, 0.5) is 0 Å². The molecule has 7 heavy (non-hydrogen) atoms. The molecule has 0 saturated carbocycles. The van der Waals surface area contributed by atoms with Gasteiger partial charge in [0.25, 0.3) is 0 Å². The van der Waals surface area contributed by atoms with E-state index in [0.717, 1.165) is 6.61 Å². The van der Waals surface area contributed by atoms with Crippen molar-refractivity contribution in [2.24, 2.45) is 0 Å². The Morgan fingerprint density at radius 1 is 1.71 bits per heavy atom. The molecule has 0 spiro atoms. The minimum Gasteiger partial charge on any atom is -0.299 e. The fourth-order valence-corrected chi connectivity index (χ4v) is 1.05. The average Bonchev–Trinajstić information content (AvgIpc) is 1.84. The lowest BCUT2D eigenvalue weighted by atomic mass is 10.1. The molecule has 1 aliphatic heterocycles. The van der Waals surface area contributed by atoms with Crippen molar-refractivity contribution >= 4 is 12.2 Å². The van der Waals surface area contributed by atoms with E-state index in [2.05, 4.69) is 18.6 Å². The molecule has 1 N–H and O–H groups in total. The van der Waals surface area contributed by atoms with Gasteiger partial charge in [0.15, 0.2) is 0 Å². The highest BCUT2D eigenvalue weighted by atomic mass is 32.2. The van der Waals surface area contributed by atoms with Crippen LogP contribution in [0.5, 0.6) is 0 Å². The molecule has 3 heteroatoms. The Hall–Kier alpha value is 0.270. The third-order valence-electron chi connectivity index (χ3n) is 0.797. The zero-order chi connectivity index (χ0) is 5.33. The Morgan fingerprint density at radius 3 is 2.57 bits per heavy atom. The van der Waals surface area contributed by atoms with Gasteiger partial charge in [0.05, 0.1) is 18.8 Å². The van der Waals surface area contributed by atoms with E-state index in [9.17, 15) is 0 Å². The summed E-state index contributed by atoms with van der Waals surface area (Å²) in [6.45, 7) is 5.01. The Balaban J connectivity index is 2.40. The fourth-order valence-electron chi connectivity index (χ4n) is 0.348. The van der Waals surface area contributed by atoms with Crippen LogP contribution in [-0.4, -0.2) is 12.1 Å². The van der Waals surface area contributed by atoms with Crippen LogP contribution in [0.2, 0.25) is 0 Å². The normalized spacial score (nSPS) is 28.3. The largest absolute Gasteiger partial charge is 0.299 e. The number of nitrogens with one attached hydrogen (secondary N) is 1. The minimum atomic E-state index is 0.185. The first kappa shape index (κ1) is 5.41. The molecular weight excluding hydrogens is 110 g/mol. The van der Waals surface area contributed by atoms with E-state index >= 15 is 0 Å². The molecule has 0 atom stereocenters. The lowest BCUT2D eigenvalue weighted by Gasteiger charge is -2.11. The number of rotatable bonds is 0. The first-order chi connectivity index (χ1) is 3.21. The van der Waals surface area contributed by atoms with Crippen LogP contribution in [0.1, 0.15) is 13.8 Å². The highest BCUT2D eigenvalue weighted by Crippen LogP contribution is 2.18. The summed E-state index contributed by atoms with van der Waals surface area (Å²) in [4.78, 5) is 0. The van der Waals surface area contributed by atoms with Gasteiger partial charge < -0.3 is 0 Å². The minimum absolute atomic E-state index is 0.185. The van der Waals surface area contributed by atoms with E-state index in [-0.39, 0.29) is 5.54 Å². The standard InChI is InChI=1S/C4H9NOS/c1-4(2)3-6-7-5-4/h5H,3H2,1-2H3. The summed E-state index contributed by atoms with van der Waals surface area (Å²) in [6, 6.07) is 0. The Bertz CT molecular complexity index is 66.1. The van der Waals surface area contributed by atoms with E-state index in [4.69, 9.17) is 4.18 Å². The van der Waals surface area contributed by atoms with E-state index in [1.54, 1.807) is 0 Å². The first-order valence-corrected chi connectivity index (χ1v) is 3.00. The van der Waals surface area contributed by atoms with Gasteiger partial charge in [-0.15, -0.1) is 0 Å². The van der Waals surface area contributed by atoms with E-state index in [1.807, 2.05) is 0 Å². The second kappa shape index (κ2) is 1.65. The second-order valence-electron chi connectivity index (χ2n) is 2.33. The molecule has 0 amide bonds. The van der Waals surface area contributed by atoms with Crippen LogP contribution in [0, 0.1) is 0 Å². The van der Waals surface area contributed by atoms with Gasteiger partial charge in [-0.3, -0.25) is 4.18 Å². The Morgan fingerprint density at radius 2 is 2.43 bits per heavy atom. The van der Waals surface area contributed by atoms with Crippen LogP contribution in [0.15, 0.2) is 0 Å². The molecule has 1 saturated heterocycles. The van der Waals surface area contributed by atoms with Crippen molar-refractivity contribution in [3.8, 4) is 0 Å². The van der Waals surface area contributed by atoms with E-state index < -0.39 is 0 Å². The molecule has 0 aromatic rings. The van der Waals surface area contributed by atoms with Gasteiger partial charge in [-0.1, -0.05) is 0 Å². The molecule has 2 nitrogen and oxygen atoms in total. The van der Waals surface area contributed by atoms with Crippen molar-refractivity contribution in [1.82, 2.24) is 4.72 Å². The second-order valence-corrected chi connectivity index (χ2v) is 2.94. The van der Waals surface area contributed by atoms with Crippen molar-refractivity contribution < 1.29 is 4.18 Å². The fraction of sp³-hybridized carbons (Fsp3) is 1.00. The summed E-state index contributed by atoms with van der Waals surface area (Å²) in [7, 11) is 0. The summed E-state index contributed by atoms with van der Waals surface area (Å²) in [5, 5.41) is 0. The zero-order valence-electron chi connectivity index (χ0n) is 4.52. The van der Waals surface area contributed by atoms with E-state index in [0.29, 0.717) is 0 Å². The third-order valence-corrected chi connectivity index (χ3v) is 1.67. The van der Waals surface area contributed by atoms with Crippen molar-refractivity contribution in [2.45, 2.75) is 19.4 Å². The monoisotopic (exact) mass is 119 g/mol. The highest BCUT2D eigenvalue weighted by molar-refractivity contribution is 7.92. The maximum atomic E-state index is 4.97. The lowest BCUT2D eigenvalue weighted by Crippen LogP contribution is -2.31. The lowest BCUT2D eigenvalue weighted by molar-refractivity contribution is 0.315.